The van der Waals surface area contributed by atoms with Gasteiger partial charge in [0.15, 0.2) is 0 Å². The Morgan fingerprint density at radius 3 is 2.63 bits per heavy atom. The Morgan fingerprint density at radius 2 is 2.05 bits per heavy atom. The number of benzene rings is 1. The van der Waals surface area contributed by atoms with Crippen molar-refractivity contribution in [1.29, 1.82) is 0 Å². The Kier molecular flexibility index (Phi) is 3.36. The van der Waals surface area contributed by atoms with Gasteiger partial charge in [0.1, 0.15) is 4.90 Å². The van der Waals surface area contributed by atoms with E-state index in [-0.39, 0.29) is 10.6 Å². The molecule has 1 aromatic carbocycles. The number of primary sulfonamides is 1. The number of aromatic nitrogens is 2. The van der Waals surface area contributed by atoms with Gasteiger partial charge >= 0.3 is 0 Å². The summed E-state index contributed by atoms with van der Waals surface area (Å²) in [5.74, 6) is -0.456. The molecule has 8 heteroatoms. The molecule has 0 fully saturated rings. The second-order valence-corrected chi connectivity index (χ2v) is 5.43. The zero-order chi connectivity index (χ0) is 14.0. The monoisotopic (exact) mass is 280 g/mol. The van der Waals surface area contributed by atoms with E-state index in [4.69, 9.17) is 5.14 Å². The number of aryl methyl sites for hydroxylation is 1. The SMILES string of the molecule is Cc1[nH]ncc1C(=O)Nc1ccccc1S(N)(=O)=O. The van der Waals surface area contributed by atoms with Crippen molar-refractivity contribution in [2.75, 3.05) is 5.32 Å². The van der Waals surface area contributed by atoms with Crippen LogP contribution in [-0.2, 0) is 10.0 Å². The number of para-hydroxylation sites is 1. The van der Waals surface area contributed by atoms with Crippen LogP contribution in [0.3, 0.4) is 0 Å². The van der Waals surface area contributed by atoms with Crippen molar-refractivity contribution in [2.45, 2.75) is 11.8 Å². The highest BCUT2D eigenvalue weighted by Crippen LogP contribution is 2.20. The van der Waals surface area contributed by atoms with E-state index in [1.54, 1.807) is 13.0 Å². The number of H-pyrrole nitrogens is 1. The molecule has 0 aliphatic heterocycles. The third-order valence-corrected chi connectivity index (χ3v) is 3.49. The summed E-state index contributed by atoms with van der Waals surface area (Å²) in [6.07, 6.45) is 1.37. The Bertz CT molecular complexity index is 721. The number of nitrogens with one attached hydrogen (secondary N) is 2. The second kappa shape index (κ2) is 4.82. The first-order valence-corrected chi connectivity index (χ1v) is 6.87. The molecule has 0 aliphatic carbocycles. The molecule has 2 rings (SSSR count). The number of sulfonamides is 1. The van der Waals surface area contributed by atoms with E-state index in [9.17, 15) is 13.2 Å². The number of hydrogen-bond donors (Lipinski definition) is 3. The molecular weight excluding hydrogens is 268 g/mol. The number of nitrogens with two attached hydrogens (primary N) is 1. The fraction of sp³-hybridized carbons (Fsp3) is 0.0909. The van der Waals surface area contributed by atoms with Crippen LogP contribution in [-0.4, -0.2) is 24.5 Å². The van der Waals surface area contributed by atoms with Gasteiger partial charge in [0.05, 0.1) is 17.4 Å². The molecule has 0 radical (unpaired) electrons. The van der Waals surface area contributed by atoms with E-state index in [2.05, 4.69) is 15.5 Å². The van der Waals surface area contributed by atoms with Crippen LogP contribution in [0.15, 0.2) is 35.4 Å². The van der Waals surface area contributed by atoms with Crippen LogP contribution in [0.1, 0.15) is 16.1 Å². The van der Waals surface area contributed by atoms with E-state index in [0.717, 1.165) is 0 Å². The average Bonchev–Trinajstić information content (AvgIpc) is 2.75. The topological polar surface area (TPSA) is 118 Å². The van der Waals surface area contributed by atoms with Crippen molar-refractivity contribution in [3.63, 3.8) is 0 Å². The molecule has 100 valence electrons. The quantitative estimate of drug-likeness (QED) is 0.763. The first kappa shape index (κ1) is 13.2. The number of hydrogen-bond acceptors (Lipinski definition) is 4. The van der Waals surface area contributed by atoms with Gasteiger partial charge in [-0.05, 0) is 19.1 Å². The number of rotatable bonds is 3. The van der Waals surface area contributed by atoms with Crippen LogP contribution in [0, 0.1) is 6.92 Å². The highest BCUT2D eigenvalue weighted by molar-refractivity contribution is 7.89. The van der Waals surface area contributed by atoms with Crippen molar-refractivity contribution >= 4 is 21.6 Å². The lowest BCUT2D eigenvalue weighted by molar-refractivity contribution is 0.102. The lowest BCUT2D eigenvalue weighted by atomic mass is 10.2. The molecule has 19 heavy (non-hydrogen) atoms. The highest BCUT2D eigenvalue weighted by Gasteiger charge is 2.17. The van der Waals surface area contributed by atoms with Gasteiger partial charge in [-0.15, -0.1) is 0 Å². The number of nitrogens with zero attached hydrogens (tertiary/aromatic N) is 1. The molecule has 4 N–H and O–H groups in total. The molecule has 1 aromatic heterocycles. The molecule has 0 saturated carbocycles. The maximum Gasteiger partial charge on any atom is 0.259 e. The van der Waals surface area contributed by atoms with Gasteiger partial charge in [0.2, 0.25) is 10.0 Å². The van der Waals surface area contributed by atoms with Gasteiger partial charge in [-0.2, -0.15) is 5.10 Å². The molecule has 1 heterocycles. The Hall–Kier alpha value is -2.19. The largest absolute Gasteiger partial charge is 0.321 e. The van der Waals surface area contributed by atoms with Crippen molar-refractivity contribution in [3.8, 4) is 0 Å². The molecule has 0 atom stereocenters. The lowest BCUT2D eigenvalue weighted by Crippen LogP contribution is -2.18. The van der Waals surface area contributed by atoms with E-state index < -0.39 is 15.9 Å². The van der Waals surface area contributed by atoms with Crippen LogP contribution in [0.4, 0.5) is 5.69 Å². The minimum atomic E-state index is -3.90. The number of amides is 1. The van der Waals surface area contributed by atoms with Crippen molar-refractivity contribution < 1.29 is 13.2 Å². The summed E-state index contributed by atoms with van der Waals surface area (Å²) in [6.45, 7) is 1.69. The standard InChI is InChI=1S/C11H12N4O3S/c1-7-8(6-13-15-7)11(16)14-9-4-2-3-5-10(9)19(12,17)18/h2-6H,1H3,(H,13,15)(H,14,16)(H2,12,17,18). The van der Waals surface area contributed by atoms with E-state index >= 15 is 0 Å². The van der Waals surface area contributed by atoms with Crippen LogP contribution in [0.2, 0.25) is 0 Å². The third kappa shape index (κ3) is 2.80. The summed E-state index contributed by atoms with van der Waals surface area (Å²) in [5.41, 5.74) is 1.06. The first-order valence-electron chi connectivity index (χ1n) is 5.33. The molecule has 0 saturated heterocycles. The summed E-state index contributed by atoms with van der Waals surface area (Å²) >= 11 is 0. The minimum Gasteiger partial charge on any atom is -0.321 e. The summed E-state index contributed by atoms with van der Waals surface area (Å²) in [7, 11) is -3.90. The molecule has 2 aromatic rings. The molecule has 0 spiro atoms. The maximum absolute atomic E-state index is 12.0. The molecule has 1 amide bonds. The van der Waals surface area contributed by atoms with Crippen molar-refractivity contribution in [1.82, 2.24) is 10.2 Å². The fourth-order valence-electron chi connectivity index (χ4n) is 1.59. The van der Waals surface area contributed by atoms with E-state index in [1.807, 2.05) is 0 Å². The Balaban J connectivity index is 2.35. The summed E-state index contributed by atoms with van der Waals surface area (Å²) < 4.78 is 22.8. The van der Waals surface area contributed by atoms with Crippen LogP contribution in [0.5, 0.6) is 0 Å². The zero-order valence-corrected chi connectivity index (χ0v) is 10.9. The number of carbonyl (C=O) groups is 1. The van der Waals surface area contributed by atoms with Gasteiger partial charge in [0.25, 0.3) is 5.91 Å². The summed E-state index contributed by atoms with van der Waals surface area (Å²) in [4.78, 5) is 11.8. The molecule has 7 nitrogen and oxygen atoms in total. The van der Waals surface area contributed by atoms with Crippen molar-refractivity contribution in [2.24, 2.45) is 5.14 Å². The van der Waals surface area contributed by atoms with E-state index in [1.165, 1.54) is 24.4 Å². The lowest BCUT2D eigenvalue weighted by Gasteiger charge is -2.08. The number of aromatic amines is 1. The number of carbonyl (C=O) groups excluding carboxylic acids is 1. The number of anilines is 1. The average molecular weight is 280 g/mol. The second-order valence-electron chi connectivity index (χ2n) is 3.90. The van der Waals surface area contributed by atoms with Gasteiger partial charge in [-0.25, -0.2) is 13.6 Å². The minimum absolute atomic E-state index is 0.135. The molecule has 0 unspecified atom stereocenters. The third-order valence-electron chi connectivity index (χ3n) is 2.52. The first-order chi connectivity index (χ1) is 8.89. The smallest absolute Gasteiger partial charge is 0.259 e. The van der Waals surface area contributed by atoms with E-state index in [0.29, 0.717) is 11.3 Å². The van der Waals surface area contributed by atoms with Crippen LogP contribution in [0.25, 0.3) is 0 Å². The predicted molar refractivity (Wildman–Crippen MR) is 69.1 cm³/mol. The molecule has 0 aliphatic rings. The fourth-order valence-corrected chi connectivity index (χ4v) is 2.28. The van der Waals surface area contributed by atoms with Crippen LogP contribution >= 0.6 is 0 Å². The highest BCUT2D eigenvalue weighted by atomic mass is 32.2. The zero-order valence-electron chi connectivity index (χ0n) is 10.0. The Morgan fingerprint density at radius 1 is 1.37 bits per heavy atom. The van der Waals surface area contributed by atoms with Crippen molar-refractivity contribution in [3.05, 3.63) is 41.7 Å². The predicted octanol–water partition coefficient (Wildman–Crippen LogP) is 0.618. The van der Waals surface area contributed by atoms with Gasteiger partial charge < -0.3 is 5.32 Å². The summed E-state index contributed by atoms with van der Waals surface area (Å²) in [6, 6.07) is 5.92. The van der Waals surface area contributed by atoms with Gasteiger partial charge in [-0.3, -0.25) is 9.89 Å². The van der Waals surface area contributed by atoms with Crippen LogP contribution < -0.4 is 10.5 Å². The maximum atomic E-state index is 12.0. The molecular formula is C11H12N4O3S. The normalized spacial score (nSPS) is 11.3. The Labute approximate surface area is 109 Å². The van der Waals surface area contributed by atoms with Gasteiger partial charge in [0, 0.05) is 5.69 Å². The van der Waals surface area contributed by atoms with Gasteiger partial charge in [-0.1, -0.05) is 12.1 Å². The molecule has 0 bridgehead atoms. The summed E-state index contributed by atoms with van der Waals surface area (Å²) in [5, 5.41) is 13.9.